The first-order valence-electron chi connectivity index (χ1n) is 13.8. The predicted octanol–water partition coefficient (Wildman–Crippen LogP) is 10.6. The van der Waals surface area contributed by atoms with Crippen molar-refractivity contribution < 1.29 is 0 Å². The number of rotatable bonds is 1. The lowest BCUT2D eigenvalue weighted by atomic mass is 9.82. The van der Waals surface area contributed by atoms with E-state index in [1.165, 1.54) is 53.6 Å². The summed E-state index contributed by atoms with van der Waals surface area (Å²) in [6, 6.07) is 45.9. The van der Waals surface area contributed by atoms with E-state index in [9.17, 15) is 0 Å². The molecule has 3 heterocycles. The molecule has 190 valence electrons. The predicted molar refractivity (Wildman–Crippen MR) is 173 cm³/mol. The lowest BCUT2D eigenvalue weighted by Gasteiger charge is -2.23. The summed E-state index contributed by atoms with van der Waals surface area (Å²) in [6.45, 7) is 0. The van der Waals surface area contributed by atoms with Gasteiger partial charge in [0.15, 0.2) is 5.65 Å². The lowest BCUT2D eigenvalue weighted by molar-refractivity contribution is 1.29. The van der Waals surface area contributed by atoms with Crippen molar-refractivity contribution in [2.45, 2.75) is 0 Å². The Bertz CT molecular complexity index is 2330. The topological polar surface area (TPSA) is 25.8 Å². The van der Waals surface area contributed by atoms with Gasteiger partial charge in [0, 0.05) is 48.4 Å². The molecule has 0 saturated carbocycles. The summed E-state index contributed by atoms with van der Waals surface area (Å²) in [5.74, 6) is 0. The Balaban J connectivity index is 1.40. The molecule has 0 unspecified atom stereocenters. The van der Waals surface area contributed by atoms with Crippen molar-refractivity contribution in [3.05, 3.63) is 134 Å². The van der Waals surface area contributed by atoms with Crippen molar-refractivity contribution in [1.82, 2.24) is 9.97 Å². The van der Waals surface area contributed by atoms with Gasteiger partial charge in [-0.25, -0.2) is 9.97 Å². The summed E-state index contributed by atoms with van der Waals surface area (Å²) in [6.07, 6.45) is 1.90. The number of aromatic nitrogens is 2. The largest absolute Gasteiger partial charge is 0.237 e. The molecule has 0 aliphatic heterocycles. The minimum atomic E-state index is 0.764. The molecule has 0 atom stereocenters. The molecule has 0 fully saturated rings. The molecule has 0 saturated heterocycles. The van der Waals surface area contributed by atoms with Gasteiger partial charge in [0.1, 0.15) is 0 Å². The van der Waals surface area contributed by atoms with Gasteiger partial charge in [0.2, 0.25) is 0 Å². The number of fused-ring (bicyclic) bond motifs is 12. The zero-order chi connectivity index (χ0) is 26.9. The van der Waals surface area contributed by atoms with E-state index in [2.05, 4.69) is 127 Å². The molecule has 0 amide bonds. The van der Waals surface area contributed by atoms with E-state index in [0.717, 1.165) is 33.4 Å². The van der Waals surface area contributed by atoms with Gasteiger partial charge in [-0.2, -0.15) is 0 Å². The van der Waals surface area contributed by atoms with Crippen LogP contribution in [-0.2, 0) is 0 Å². The molecule has 0 N–H and O–H groups in total. The fourth-order valence-electron chi connectivity index (χ4n) is 6.51. The van der Waals surface area contributed by atoms with Gasteiger partial charge in [-0.3, -0.25) is 0 Å². The third-order valence-electron chi connectivity index (χ3n) is 8.33. The summed E-state index contributed by atoms with van der Waals surface area (Å²) >= 11 is 1.86. The molecule has 9 rings (SSSR count). The minimum Gasteiger partial charge on any atom is -0.237 e. The summed E-state index contributed by atoms with van der Waals surface area (Å²) in [7, 11) is 0. The first-order valence-corrected chi connectivity index (χ1v) is 14.7. The molecule has 1 aliphatic rings. The van der Waals surface area contributed by atoms with E-state index in [1.807, 2.05) is 17.5 Å². The van der Waals surface area contributed by atoms with Crippen LogP contribution in [0.2, 0.25) is 0 Å². The molecule has 8 aromatic rings. The van der Waals surface area contributed by atoms with Gasteiger partial charge < -0.3 is 0 Å². The number of hydrogen-bond acceptors (Lipinski definition) is 3. The third-order valence-corrected chi connectivity index (χ3v) is 9.55. The van der Waals surface area contributed by atoms with E-state index in [4.69, 9.17) is 9.97 Å². The van der Waals surface area contributed by atoms with E-state index in [-0.39, 0.29) is 0 Å². The Labute approximate surface area is 241 Å². The summed E-state index contributed by atoms with van der Waals surface area (Å²) in [4.78, 5) is 10.1. The highest BCUT2D eigenvalue weighted by Gasteiger charge is 2.24. The van der Waals surface area contributed by atoms with Gasteiger partial charge in [-0.1, -0.05) is 109 Å². The zero-order valence-corrected chi connectivity index (χ0v) is 22.8. The zero-order valence-electron chi connectivity index (χ0n) is 22.0. The molecule has 3 heteroatoms. The van der Waals surface area contributed by atoms with E-state index in [1.54, 1.807) is 0 Å². The van der Waals surface area contributed by atoms with Crippen molar-refractivity contribution in [1.29, 1.82) is 0 Å². The van der Waals surface area contributed by atoms with E-state index in [0.29, 0.717) is 0 Å². The van der Waals surface area contributed by atoms with Crippen molar-refractivity contribution in [3.63, 3.8) is 0 Å². The Morgan fingerprint density at radius 3 is 1.71 bits per heavy atom. The quantitative estimate of drug-likeness (QED) is 0.208. The second-order valence-corrected chi connectivity index (χ2v) is 11.6. The summed E-state index contributed by atoms with van der Waals surface area (Å²) < 4.78 is 2.60. The lowest BCUT2D eigenvalue weighted by Crippen LogP contribution is -2.00. The maximum absolute atomic E-state index is 5.33. The van der Waals surface area contributed by atoms with Crippen LogP contribution in [0.5, 0.6) is 0 Å². The average molecular weight is 539 g/mol. The molecule has 1 aliphatic carbocycles. The van der Waals surface area contributed by atoms with Crippen LogP contribution in [0.4, 0.5) is 0 Å². The van der Waals surface area contributed by atoms with E-state index >= 15 is 0 Å². The Hall–Kier alpha value is -5.12. The molecule has 0 radical (unpaired) electrons. The van der Waals surface area contributed by atoms with Crippen molar-refractivity contribution in [3.8, 4) is 55.8 Å². The first kappa shape index (κ1) is 22.7. The maximum Gasteiger partial charge on any atom is 0.160 e. The van der Waals surface area contributed by atoms with Gasteiger partial charge in [-0.15, -0.1) is 11.3 Å². The second-order valence-electron chi connectivity index (χ2n) is 10.5. The van der Waals surface area contributed by atoms with Crippen LogP contribution in [0.25, 0.3) is 87.0 Å². The molecule has 2 nitrogen and oxygen atoms in total. The molecule has 3 aromatic heterocycles. The fourth-order valence-corrected chi connectivity index (χ4v) is 7.74. The average Bonchev–Trinajstić information content (AvgIpc) is 3.42. The SMILES string of the molecule is c1ccc2c(c1)-c1ccccc1-c1cc3c(-c4cccc5c4sc4ccccc45)ccnc3nc1-c1ccccc1-2. The van der Waals surface area contributed by atoms with Gasteiger partial charge >= 0.3 is 0 Å². The van der Waals surface area contributed by atoms with Crippen LogP contribution < -0.4 is 0 Å². The van der Waals surface area contributed by atoms with Crippen LogP contribution in [0.3, 0.4) is 0 Å². The van der Waals surface area contributed by atoms with Crippen molar-refractivity contribution in [2.75, 3.05) is 0 Å². The van der Waals surface area contributed by atoms with E-state index < -0.39 is 0 Å². The molecule has 5 aromatic carbocycles. The number of hydrogen-bond donors (Lipinski definition) is 0. The molecular formula is C38H22N2S. The van der Waals surface area contributed by atoms with Crippen LogP contribution in [0.15, 0.2) is 134 Å². The van der Waals surface area contributed by atoms with Crippen LogP contribution in [0.1, 0.15) is 0 Å². The third kappa shape index (κ3) is 3.30. The highest BCUT2D eigenvalue weighted by Crippen LogP contribution is 2.48. The van der Waals surface area contributed by atoms with Gasteiger partial charge in [0.25, 0.3) is 0 Å². The number of thiophene rings is 1. The monoisotopic (exact) mass is 538 g/mol. The normalized spacial score (nSPS) is 11.9. The Morgan fingerprint density at radius 2 is 0.976 bits per heavy atom. The molecule has 41 heavy (non-hydrogen) atoms. The smallest absolute Gasteiger partial charge is 0.160 e. The summed E-state index contributed by atoms with van der Waals surface area (Å²) in [5.41, 5.74) is 12.4. The molecule has 0 spiro atoms. The van der Waals surface area contributed by atoms with Crippen LogP contribution >= 0.6 is 11.3 Å². The minimum absolute atomic E-state index is 0.764. The number of benzene rings is 5. The highest BCUT2D eigenvalue weighted by molar-refractivity contribution is 7.26. The Kier molecular flexibility index (Phi) is 4.80. The first-order chi connectivity index (χ1) is 20.3. The molecular weight excluding hydrogens is 516 g/mol. The van der Waals surface area contributed by atoms with Gasteiger partial charge in [-0.05, 0) is 51.6 Å². The van der Waals surface area contributed by atoms with Gasteiger partial charge in [0.05, 0.1) is 5.69 Å². The highest BCUT2D eigenvalue weighted by atomic mass is 32.1. The number of nitrogens with zero attached hydrogens (tertiary/aromatic N) is 2. The van der Waals surface area contributed by atoms with Crippen molar-refractivity contribution in [2.24, 2.45) is 0 Å². The standard InChI is InChI=1S/C38H22N2S/c1-2-11-24-23(10-1)25-12-3-4-14-27(25)33-22-34-28(20-21-39-38(34)40-36(33)30-16-6-5-13-26(24)30)31-17-9-18-32-29-15-7-8-19-35(29)41-37(31)32/h1-22H. The fraction of sp³-hybridized carbons (Fsp3) is 0. The van der Waals surface area contributed by atoms with Crippen molar-refractivity contribution >= 4 is 42.5 Å². The maximum atomic E-state index is 5.33. The summed E-state index contributed by atoms with van der Waals surface area (Å²) in [5, 5.41) is 3.67. The van der Waals surface area contributed by atoms with Crippen LogP contribution in [-0.4, -0.2) is 9.97 Å². The second kappa shape index (κ2) is 8.69. The van der Waals surface area contributed by atoms with Crippen LogP contribution in [0, 0.1) is 0 Å². The Morgan fingerprint density at radius 1 is 0.415 bits per heavy atom. The number of pyridine rings is 2. The molecule has 0 bridgehead atoms.